The maximum Gasteiger partial charge on any atom is 0.274 e. The van der Waals surface area contributed by atoms with E-state index < -0.39 is 10.2 Å². The topological polar surface area (TPSA) is 101 Å². The second-order valence-electron chi connectivity index (χ2n) is 5.68. The molecule has 1 aliphatic heterocycles. The minimum absolute atomic E-state index is 0.126. The first-order chi connectivity index (χ1) is 10.9. The molecule has 1 fully saturated rings. The minimum atomic E-state index is -3.69. The Morgan fingerprint density at radius 1 is 1.39 bits per heavy atom. The maximum absolute atomic E-state index is 13.9. The predicted octanol–water partition coefficient (Wildman–Crippen LogP) is 0.778. The van der Waals surface area contributed by atoms with Gasteiger partial charge in [0.1, 0.15) is 23.5 Å². The number of benzene rings is 1. The van der Waals surface area contributed by atoms with E-state index in [-0.39, 0.29) is 18.3 Å². The normalized spacial score (nSPS) is 19.2. The Balaban J connectivity index is 1.83. The average Bonchev–Trinajstić information content (AvgIpc) is 2.53. The third-order valence-corrected chi connectivity index (χ3v) is 4.56. The molecule has 7 nitrogen and oxygen atoms in total. The number of nitrogens with zero attached hydrogens (tertiary/aromatic N) is 3. The molecular weight excluding hydrogens is 321 g/mol. The summed E-state index contributed by atoms with van der Waals surface area (Å²) in [6.07, 6.45) is 3.15. The van der Waals surface area contributed by atoms with Crippen molar-refractivity contribution in [3.63, 3.8) is 0 Å². The summed E-state index contributed by atoms with van der Waals surface area (Å²) in [6, 6.07) is 4.79. The van der Waals surface area contributed by atoms with Crippen LogP contribution in [0.15, 0.2) is 24.5 Å². The van der Waals surface area contributed by atoms with Gasteiger partial charge in [-0.05, 0) is 30.9 Å². The molecule has 3 rings (SSSR count). The van der Waals surface area contributed by atoms with Crippen molar-refractivity contribution in [2.45, 2.75) is 12.8 Å². The average molecular weight is 339 g/mol. The summed E-state index contributed by atoms with van der Waals surface area (Å²) < 4.78 is 38.3. The molecule has 0 spiro atoms. The fraction of sp³-hybridized carbons (Fsp3) is 0.429. The number of nitrogens with two attached hydrogens (primary N) is 1. The highest BCUT2D eigenvalue weighted by molar-refractivity contribution is 7.87. The van der Waals surface area contributed by atoms with E-state index in [2.05, 4.69) is 14.7 Å². The highest BCUT2D eigenvalue weighted by Crippen LogP contribution is 2.28. The van der Waals surface area contributed by atoms with E-state index in [0.29, 0.717) is 23.3 Å². The molecule has 1 aromatic heterocycles. The largest absolute Gasteiger partial charge is 0.356 e. The smallest absolute Gasteiger partial charge is 0.274 e. The van der Waals surface area contributed by atoms with Crippen LogP contribution in [0, 0.1) is 11.7 Å². The van der Waals surface area contributed by atoms with Gasteiger partial charge in [0.15, 0.2) is 0 Å². The van der Waals surface area contributed by atoms with Gasteiger partial charge in [-0.3, -0.25) is 0 Å². The Bertz CT molecular complexity index is 814. The summed E-state index contributed by atoms with van der Waals surface area (Å²) in [5.41, 5.74) is 0.294. The van der Waals surface area contributed by atoms with Gasteiger partial charge in [-0.2, -0.15) is 8.42 Å². The van der Waals surface area contributed by atoms with Crippen LogP contribution in [0.5, 0.6) is 0 Å². The lowest BCUT2D eigenvalue weighted by Gasteiger charge is -2.34. The van der Waals surface area contributed by atoms with Crippen molar-refractivity contribution in [2.75, 3.05) is 24.5 Å². The van der Waals surface area contributed by atoms with E-state index in [4.69, 9.17) is 5.14 Å². The molecule has 1 atom stereocenters. The van der Waals surface area contributed by atoms with Crippen LogP contribution < -0.4 is 14.8 Å². The molecule has 2 aromatic rings. The Morgan fingerprint density at radius 2 is 2.22 bits per heavy atom. The van der Waals surface area contributed by atoms with Crippen molar-refractivity contribution in [1.29, 1.82) is 0 Å². The molecule has 9 heteroatoms. The molecule has 2 heterocycles. The standard InChI is InChI=1S/C14H18FN5O2S/c15-12-5-1-4-11-13(12)17-9-18-14(11)20-6-2-3-10(8-20)7-19-23(16,21)22/h1,4-5,9-10,19H,2-3,6-8H2,(H2,16,21,22). The number of hydrogen-bond acceptors (Lipinski definition) is 5. The van der Waals surface area contributed by atoms with Gasteiger partial charge in [0, 0.05) is 25.0 Å². The summed E-state index contributed by atoms with van der Waals surface area (Å²) >= 11 is 0. The fourth-order valence-electron chi connectivity index (χ4n) is 2.95. The molecule has 124 valence electrons. The number of para-hydroxylation sites is 1. The van der Waals surface area contributed by atoms with Crippen molar-refractivity contribution in [1.82, 2.24) is 14.7 Å². The van der Waals surface area contributed by atoms with E-state index in [0.717, 1.165) is 19.4 Å². The molecule has 0 aliphatic carbocycles. The van der Waals surface area contributed by atoms with Crippen LogP contribution in [0.1, 0.15) is 12.8 Å². The lowest BCUT2D eigenvalue weighted by molar-refractivity contribution is 0.410. The van der Waals surface area contributed by atoms with Crippen molar-refractivity contribution in [3.8, 4) is 0 Å². The summed E-state index contributed by atoms with van der Waals surface area (Å²) in [4.78, 5) is 10.3. The van der Waals surface area contributed by atoms with Crippen molar-refractivity contribution in [3.05, 3.63) is 30.3 Å². The molecule has 0 amide bonds. The van der Waals surface area contributed by atoms with Gasteiger partial charge in [-0.25, -0.2) is 24.2 Å². The van der Waals surface area contributed by atoms with Gasteiger partial charge in [0.2, 0.25) is 0 Å². The Labute approximate surface area is 133 Å². The van der Waals surface area contributed by atoms with Crippen LogP contribution in [0.4, 0.5) is 10.2 Å². The number of aromatic nitrogens is 2. The number of anilines is 1. The monoisotopic (exact) mass is 339 g/mol. The Morgan fingerprint density at radius 3 is 3.00 bits per heavy atom. The Hall–Kier alpha value is -1.84. The second kappa shape index (κ2) is 6.34. The Kier molecular flexibility index (Phi) is 4.42. The van der Waals surface area contributed by atoms with Crippen LogP contribution in [0.25, 0.3) is 10.9 Å². The molecule has 1 aliphatic rings. The van der Waals surface area contributed by atoms with Crippen LogP contribution in [0.2, 0.25) is 0 Å². The first kappa shape index (κ1) is 16.0. The first-order valence-corrected chi connectivity index (χ1v) is 8.90. The van der Waals surface area contributed by atoms with Gasteiger partial charge in [-0.15, -0.1) is 0 Å². The zero-order valence-corrected chi connectivity index (χ0v) is 13.3. The molecule has 0 saturated carbocycles. The van der Waals surface area contributed by atoms with Crippen molar-refractivity contribution >= 4 is 26.9 Å². The van der Waals surface area contributed by atoms with E-state index in [1.807, 2.05) is 4.90 Å². The number of hydrogen-bond donors (Lipinski definition) is 2. The predicted molar refractivity (Wildman–Crippen MR) is 85.5 cm³/mol. The van der Waals surface area contributed by atoms with Gasteiger partial charge in [0.05, 0.1) is 0 Å². The zero-order valence-electron chi connectivity index (χ0n) is 12.4. The number of halogens is 1. The van der Waals surface area contributed by atoms with Crippen LogP contribution in [-0.2, 0) is 10.2 Å². The first-order valence-electron chi connectivity index (χ1n) is 7.35. The van der Waals surface area contributed by atoms with Crippen LogP contribution in [-0.4, -0.2) is 38.0 Å². The zero-order chi connectivity index (χ0) is 16.4. The second-order valence-corrected chi connectivity index (χ2v) is 7.06. The molecule has 3 N–H and O–H groups in total. The van der Waals surface area contributed by atoms with Crippen LogP contribution >= 0.6 is 0 Å². The highest BCUT2D eigenvalue weighted by Gasteiger charge is 2.23. The number of fused-ring (bicyclic) bond motifs is 1. The molecule has 0 radical (unpaired) electrons. The molecule has 23 heavy (non-hydrogen) atoms. The summed E-state index contributed by atoms with van der Waals surface area (Å²) in [7, 11) is -3.69. The van der Waals surface area contributed by atoms with E-state index >= 15 is 0 Å². The summed E-state index contributed by atoms with van der Waals surface area (Å²) in [5, 5.41) is 5.63. The third-order valence-electron chi connectivity index (χ3n) is 3.99. The third kappa shape index (κ3) is 3.74. The number of nitrogens with one attached hydrogen (secondary N) is 1. The van der Waals surface area contributed by atoms with E-state index in [1.54, 1.807) is 12.1 Å². The summed E-state index contributed by atoms with van der Waals surface area (Å²) in [5.74, 6) is 0.422. The van der Waals surface area contributed by atoms with Crippen LogP contribution in [0.3, 0.4) is 0 Å². The molecule has 0 bridgehead atoms. The number of piperidine rings is 1. The number of rotatable bonds is 4. The highest BCUT2D eigenvalue weighted by atomic mass is 32.2. The molecule has 1 unspecified atom stereocenters. The van der Waals surface area contributed by atoms with Crippen molar-refractivity contribution in [2.24, 2.45) is 11.1 Å². The van der Waals surface area contributed by atoms with E-state index in [1.165, 1.54) is 12.4 Å². The van der Waals surface area contributed by atoms with E-state index in [9.17, 15) is 12.8 Å². The molecular formula is C14H18FN5O2S. The SMILES string of the molecule is NS(=O)(=O)NCC1CCCN(c2ncnc3c(F)cccc23)C1. The fourth-order valence-corrected chi connectivity index (χ4v) is 3.42. The summed E-state index contributed by atoms with van der Waals surface area (Å²) in [6.45, 7) is 1.70. The van der Waals surface area contributed by atoms with Crippen molar-refractivity contribution < 1.29 is 12.8 Å². The lowest BCUT2D eigenvalue weighted by atomic mass is 9.98. The quantitative estimate of drug-likeness (QED) is 0.857. The lowest BCUT2D eigenvalue weighted by Crippen LogP contribution is -2.42. The molecule has 1 aromatic carbocycles. The van der Waals surface area contributed by atoms with Gasteiger partial charge < -0.3 is 4.90 Å². The van der Waals surface area contributed by atoms with Gasteiger partial charge in [-0.1, -0.05) is 6.07 Å². The maximum atomic E-state index is 13.9. The van der Waals surface area contributed by atoms with Gasteiger partial charge >= 0.3 is 0 Å². The minimum Gasteiger partial charge on any atom is -0.356 e. The molecule has 1 saturated heterocycles. The van der Waals surface area contributed by atoms with Gasteiger partial charge in [0.25, 0.3) is 10.2 Å².